The van der Waals surface area contributed by atoms with Crippen molar-refractivity contribution in [2.45, 2.75) is 50.5 Å². The fraction of sp³-hybridized carbons (Fsp3) is 0.273. The molecule has 1 fully saturated rings. The van der Waals surface area contributed by atoms with E-state index < -0.39 is 6.29 Å². The van der Waals surface area contributed by atoms with Gasteiger partial charge in [-0.2, -0.15) is 4.73 Å². The first-order valence-electron chi connectivity index (χ1n) is 13.7. The number of thioether (sulfide) groups is 1. The first-order chi connectivity index (χ1) is 19.9. The van der Waals surface area contributed by atoms with Gasteiger partial charge in [-0.3, -0.25) is 4.79 Å². The van der Waals surface area contributed by atoms with Gasteiger partial charge in [0.2, 0.25) is 5.91 Å². The molecule has 0 unspecified atom stereocenters. The number of rotatable bonds is 9. The van der Waals surface area contributed by atoms with Gasteiger partial charge in [0, 0.05) is 42.8 Å². The minimum Gasteiger partial charge on any atom is -0.618 e. The maximum Gasteiger partial charge on any atom is 0.251 e. The van der Waals surface area contributed by atoms with Gasteiger partial charge >= 0.3 is 0 Å². The summed E-state index contributed by atoms with van der Waals surface area (Å²) < 4.78 is 14.0. The second kappa shape index (κ2) is 13.3. The number of carbonyl (C=O) groups is 1. The number of carbonyl (C=O) groups excluding carboxylic acids is 1. The number of aliphatic hydroxyl groups is 1. The SMILES string of the molecule is CC(=O)NCc1ccccc1-c1ccc([C@H]2O[C@@H](CSc3cccc[n+]3[O-])[C@@H](C)[C@@H](c3ccc(CO)cc3)O2)cc1. The Kier molecular flexibility index (Phi) is 9.36. The van der Waals surface area contributed by atoms with Crippen LogP contribution in [-0.2, 0) is 27.4 Å². The van der Waals surface area contributed by atoms with Crippen LogP contribution in [0.5, 0.6) is 0 Å². The Bertz CT molecular complexity index is 1460. The van der Waals surface area contributed by atoms with Crippen molar-refractivity contribution in [3.63, 3.8) is 0 Å². The van der Waals surface area contributed by atoms with E-state index in [1.54, 1.807) is 6.07 Å². The molecule has 0 aliphatic carbocycles. The lowest BCUT2D eigenvalue weighted by Gasteiger charge is -2.41. The van der Waals surface area contributed by atoms with Crippen molar-refractivity contribution >= 4 is 17.7 Å². The van der Waals surface area contributed by atoms with Crippen molar-refractivity contribution in [1.29, 1.82) is 0 Å². The van der Waals surface area contributed by atoms with E-state index in [9.17, 15) is 15.1 Å². The normalized spacial score (nSPS) is 20.5. The average molecular weight is 571 g/mol. The second-order valence-electron chi connectivity index (χ2n) is 10.2. The van der Waals surface area contributed by atoms with E-state index in [4.69, 9.17) is 9.47 Å². The van der Waals surface area contributed by atoms with Gasteiger partial charge in [-0.1, -0.05) is 91.5 Å². The van der Waals surface area contributed by atoms with Crippen LogP contribution in [-0.4, -0.2) is 22.9 Å². The van der Waals surface area contributed by atoms with Gasteiger partial charge in [0.1, 0.15) is 0 Å². The highest BCUT2D eigenvalue weighted by Gasteiger charge is 2.38. The molecular formula is C33H34N2O5S. The highest BCUT2D eigenvalue weighted by Crippen LogP contribution is 2.43. The Labute approximate surface area is 244 Å². The fourth-order valence-corrected chi connectivity index (χ4v) is 6.08. The largest absolute Gasteiger partial charge is 0.618 e. The van der Waals surface area contributed by atoms with Gasteiger partial charge in [-0.05, 0) is 33.9 Å². The number of hydrogen-bond acceptors (Lipinski definition) is 6. The Morgan fingerprint density at radius 2 is 1.66 bits per heavy atom. The fourth-order valence-electron chi connectivity index (χ4n) is 5.00. The molecule has 7 nitrogen and oxygen atoms in total. The number of nitrogens with one attached hydrogen (secondary N) is 1. The van der Waals surface area contributed by atoms with Crippen molar-refractivity contribution in [2.24, 2.45) is 5.92 Å². The first-order valence-corrected chi connectivity index (χ1v) is 14.7. The second-order valence-corrected chi connectivity index (χ2v) is 11.2. The molecule has 0 bridgehead atoms. The number of amides is 1. The van der Waals surface area contributed by atoms with E-state index in [1.165, 1.54) is 24.9 Å². The zero-order chi connectivity index (χ0) is 28.8. The third-order valence-electron chi connectivity index (χ3n) is 7.35. The topological polar surface area (TPSA) is 94.7 Å². The summed E-state index contributed by atoms with van der Waals surface area (Å²) in [7, 11) is 0. The van der Waals surface area contributed by atoms with Crippen molar-refractivity contribution in [1.82, 2.24) is 5.32 Å². The van der Waals surface area contributed by atoms with E-state index in [0.29, 0.717) is 17.3 Å². The Balaban J connectivity index is 1.40. The molecule has 0 saturated carbocycles. The molecule has 41 heavy (non-hydrogen) atoms. The third kappa shape index (κ3) is 6.97. The molecular weight excluding hydrogens is 536 g/mol. The molecule has 212 valence electrons. The van der Waals surface area contributed by atoms with Gasteiger partial charge < -0.3 is 25.1 Å². The molecule has 8 heteroatoms. The number of aliphatic hydroxyl groups excluding tert-OH is 1. The zero-order valence-electron chi connectivity index (χ0n) is 23.1. The maximum absolute atomic E-state index is 12.2. The van der Waals surface area contributed by atoms with Crippen molar-refractivity contribution < 1.29 is 24.1 Å². The number of pyridine rings is 1. The van der Waals surface area contributed by atoms with Crippen LogP contribution >= 0.6 is 11.8 Å². The monoisotopic (exact) mass is 570 g/mol. The van der Waals surface area contributed by atoms with Gasteiger partial charge in [0.05, 0.1) is 18.8 Å². The van der Waals surface area contributed by atoms with Gasteiger partial charge in [-0.15, -0.1) is 0 Å². The molecule has 3 aromatic carbocycles. The van der Waals surface area contributed by atoms with Crippen LogP contribution in [0.15, 0.2) is 102 Å². The lowest BCUT2D eigenvalue weighted by atomic mass is 9.91. The molecule has 4 atom stereocenters. The van der Waals surface area contributed by atoms with E-state index in [-0.39, 0.29) is 30.6 Å². The van der Waals surface area contributed by atoms with Crippen molar-refractivity contribution in [2.75, 3.05) is 5.75 Å². The molecule has 1 aliphatic rings. The number of benzene rings is 3. The van der Waals surface area contributed by atoms with E-state index in [2.05, 4.69) is 12.2 Å². The number of nitrogens with zero attached hydrogens (tertiary/aromatic N) is 1. The Morgan fingerprint density at radius 3 is 2.37 bits per heavy atom. The molecule has 2 heterocycles. The zero-order valence-corrected chi connectivity index (χ0v) is 23.9. The summed E-state index contributed by atoms with van der Waals surface area (Å²) in [5.74, 6) is 0.539. The summed E-state index contributed by atoms with van der Waals surface area (Å²) in [4.78, 5) is 11.5. The predicted octanol–water partition coefficient (Wildman–Crippen LogP) is 5.70. The van der Waals surface area contributed by atoms with Crippen LogP contribution < -0.4 is 10.0 Å². The molecule has 1 saturated heterocycles. The lowest BCUT2D eigenvalue weighted by Crippen LogP contribution is -2.39. The number of ether oxygens (including phenoxy) is 2. The summed E-state index contributed by atoms with van der Waals surface area (Å²) in [5, 5.41) is 25.2. The summed E-state index contributed by atoms with van der Waals surface area (Å²) in [6.07, 6.45) is 0.485. The summed E-state index contributed by atoms with van der Waals surface area (Å²) in [6.45, 7) is 4.07. The molecule has 0 spiro atoms. The molecule has 1 aromatic heterocycles. The minimum atomic E-state index is -0.599. The van der Waals surface area contributed by atoms with Gasteiger partial charge in [-0.25, -0.2) is 0 Å². The molecule has 1 amide bonds. The standard InChI is InChI=1S/C33H34N2O5S/c1-22-30(21-41-31-9-5-6-18-35(31)38)39-33(40-32(22)26-12-10-24(20-36)11-13-26)27-16-14-25(15-17-27)29-8-4-3-7-28(29)19-34-23(2)37/h3-18,22,30,32-33,36H,19-21H2,1-2H3,(H,34,37)/t22-,30+,32+,33+/m1/s1. The summed E-state index contributed by atoms with van der Waals surface area (Å²) in [5.41, 5.74) is 5.87. The van der Waals surface area contributed by atoms with Crippen LogP contribution in [0, 0.1) is 11.1 Å². The number of aromatic nitrogens is 1. The quantitative estimate of drug-likeness (QED) is 0.152. The van der Waals surface area contributed by atoms with Crippen LogP contribution in [0.4, 0.5) is 0 Å². The third-order valence-corrected chi connectivity index (χ3v) is 8.45. The molecule has 5 rings (SSSR count). The van der Waals surface area contributed by atoms with Crippen LogP contribution in [0.2, 0.25) is 0 Å². The predicted molar refractivity (Wildman–Crippen MR) is 158 cm³/mol. The van der Waals surface area contributed by atoms with Crippen LogP contribution in [0.1, 0.15) is 48.5 Å². The smallest absolute Gasteiger partial charge is 0.251 e. The molecule has 4 aromatic rings. The van der Waals surface area contributed by atoms with Gasteiger partial charge in [0.15, 0.2) is 12.5 Å². The van der Waals surface area contributed by atoms with Crippen molar-refractivity contribution in [3.8, 4) is 11.1 Å². The number of hydrogen-bond donors (Lipinski definition) is 2. The maximum atomic E-state index is 12.2. The lowest BCUT2D eigenvalue weighted by molar-refractivity contribution is -0.645. The highest BCUT2D eigenvalue weighted by atomic mass is 32.2. The minimum absolute atomic E-state index is 0.0150. The Hall–Kier alpha value is -3.69. The summed E-state index contributed by atoms with van der Waals surface area (Å²) >= 11 is 1.47. The van der Waals surface area contributed by atoms with Crippen LogP contribution in [0.25, 0.3) is 11.1 Å². The average Bonchev–Trinajstić information content (AvgIpc) is 3.00. The van der Waals surface area contributed by atoms with E-state index in [1.807, 2.05) is 84.9 Å². The van der Waals surface area contributed by atoms with Gasteiger partial charge in [0.25, 0.3) is 5.03 Å². The van der Waals surface area contributed by atoms with Crippen molar-refractivity contribution in [3.05, 3.63) is 125 Å². The van der Waals surface area contributed by atoms with E-state index in [0.717, 1.165) is 38.1 Å². The molecule has 0 radical (unpaired) electrons. The molecule has 2 N–H and O–H groups in total. The van der Waals surface area contributed by atoms with Crippen LogP contribution in [0.3, 0.4) is 0 Å². The molecule has 1 aliphatic heterocycles. The Morgan fingerprint density at radius 1 is 0.951 bits per heavy atom. The summed E-state index contributed by atoms with van der Waals surface area (Å²) in [6, 6.07) is 29.4. The first kappa shape index (κ1) is 28.8. The highest BCUT2D eigenvalue weighted by molar-refractivity contribution is 7.99. The van der Waals surface area contributed by atoms with E-state index >= 15 is 0 Å².